The molecule has 25 heavy (non-hydrogen) atoms. The van der Waals surface area contributed by atoms with E-state index in [0.29, 0.717) is 37.6 Å². The van der Waals surface area contributed by atoms with Gasteiger partial charge in [0.05, 0.1) is 11.3 Å². The van der Waals surface area contributed by atoms with Gasteiger partial charge in [-0.3, -0.25) is 0 Å². The molecule has 0 saturated carbocycles. The highest BCUT2D eigenvalue weighted by Crippen LogP contribution is 2.21. The molecule has 1 saturated heterocycles. The fourth-order valence-electron chi connectivity index (χ4n) is 2.59. The zero-order valence-corrected chi connectivity index (χ0v) is 15.7. The van der Waals surface area contributed by atoms with Gasteiger partial charge in [0.25, 0.3) is 0 Å². The van der Waals surface area contributed by atoms with E-state index in [1.165, 1.54) is 0 Å². The quantitative estimate of drug-likeness (QED) is 0.823. The molecule has 1 fully saturated rings. The van der Waals surface area contributed by atoms with Crippen molar-refractivity contribution in [3.8, 4) is 6.07 Å². The predicted molar refractivity (Wildman–Crippen MR) is 98.3 cm³/mol. The molecule has 0 bridgehead atoms. The Morgan fingerprint density at radius 2 is 1.88 bits per heavy atom. The first-order valence-electron chi connectivity index (χ1n) is 8.48. The third-order valence-corrected chi connectivity index (χ3v) is 3.68. The predicted octanol–water partition coefficient (Wildman–Crippen LogP) is 3.43. The average Bonchev–Trinajstić information content (AvgIpc) is 2.53. The summed E-state index contributed by atoms with van der Waals surface area (Å²) in [6.07, 6.45) is 1.70. The van der Waals surface area contributed by atoms with Crippen molar-refractivity contribution < 1.29 is 9.53 Å². The molecule has 1 amide bonds. The van der Waals surface area contributed by atoms with Gasteiger partial charge in [-0.1, -0.05) is 5.57 Å². The fourth-order valence-corrected chi connectivity index (χ4v) is 2.59. The van der Waals surface area contributed by atoms with Gasteiger partial charge in [-0.05, 0) is 52.8 Å². The highest BCUT2D eigenvalue weighted by Gasteiger charge is 2.27. The van der Waals surface area contributed by atoms with Crippen LogP contribution in [-0.4, -0.2) is 47.8 Å². The number of carbonyl (C=O) groups is 1. The lowest BCUT2D eigenvalue weighted by Gasteiger charge is -2.36. The van der Waals surface area contributed by atoms with E-state index in [-0.39, 0.29) is 6.09 Å². The number of allylic oxidation sites excluding steroid dienone is 1. The summed E-state index contributed by atoms with van der Waals surface area (Å²) in [5.41, 5.74) is 2.04. The summed E-state index contributed by atoms with van der Waals surface area (Å²) in [4.78, 5) is 20.6. The largest absolute Gasteiger partial charge is 0.444 e. The van der Waals surface area contributed by atoms with E-state index in [0.717, 1.165) is 11.3 Å². The molecular formula is C19H26N4O2. The Balaban J connectivity index is 2.11. The topological polar surface area (TPSA) is 69.5 Å². The van der Waals surface area contributed by atoms with Crippen LogP contribution in [0.2, 0.25) is 0 Å². The third kappa shape index (κ3) is 5.21. The second kappa shape index (κ2) is 7.56. The zero-order valence-electron chi connectivity index (χ0n) is 15.7. The third-order valence-electron chi connectivity index (χ3n) is 3.68. The summed E-state index contributed by atoms with van der Waals surface area (Å²) in [6.45, 7) is 12.0. The number of hydrogen-bond donors (Lipinski definition) is 0. The number of nitrogens with zero attached hydrogens (tertiary/aromatic N) is 4. The summed E-state index contributed by atoms with van der Waals surface area (Å²) in [7, 11) is 0. The number of carbonyl (C=O) groups excluding carboxylic acids is 1. The summed E-state index contributed by atoms with van der Waals surface area (Å²) < 4.78 is 5.42. The SMILES string of the molecule is CC(C)=Cc1ccc(C#N)c(N2CCN(C(=O)OC(C)(C)C)CC2)n1. The number of hydrogen-bond acceptors (Lipinski definition) is 5. The maximum absolute atomic E-state index is 12.2. The standard InChI is InChI=1S/C19H26N4O2/c1-14(2)12-16-7-6-15(13-20)17(21-16)22-8-10-23(11-9-22)18(24)25-19(3,4)5/h6-7,12H,8-11H2,1-5H3. The summed E-state index contributed by atoms with van der Waals surface area (Å²) in [5.74, 6) is 0.682. The number of anilines is 1. The number of nitriles is 1. The second-order valence-corrected chi connectivity index (χ2v) is 7.40. The number of amides is 1. The maximum Gasteiger partial charge on any atom is 0.410 e. The summed E-state index contributed by atoms with van der Waals surface area (Å²) in [5, 5.41) is 9.37. The van der Waals surface area contributed by atoms with E-state index in [4.69, 9.17) is 4.74 Å². The molecule has 0 unspecified atom stereocenters. The van der Waals surface area contributed by atoms with E-state index in [2.05, 4.69) is 16.0 Å². The Hall–Kier alpha value is -2.55. The van der Waals surface area contributed by atoms with Crippen LogP contribution in [0.15, 0.2) is 17.7 Å². The molecule has 0 spiro atoms. The normalized spacial score (nSPS) is 14.7. The summed E-state index contributed by atoms with van der Waals surface area (Å²) >= 11 is 0. The molecule has 2 heterocycles. The van der Waals surface area contributed by atoms with Gasteiger partial charge >= 0.3 is 6.09 Å². The minimum absolute atomic E-state index is 0.293. The summed E-state index contributed by atoms with van der Waals surface area (Å²) in [6, 6.07) is 5.86. The average molecular weight is 342 g/mol. The maximum atomic E-state index is 12.2. The smallest absolute Gasteiger partial charge is 0.410 e. The molecule has 1 aromatic heterocycles. The van der Waals surface area contributed by atoms with Crippen molar-refractivity contribution in [2.75, 3.05) is 31.1 Å². The monoisotopic (exact) mass is 342 g/mol. The van der Waals surface area contributed by atoms with E-state index >= 15 is 0 Å². The van der Waals surface area contributed by atoms with Crippen LogP contribution in [0.3, 0.4) is 0 Å². The van der Waals surface area contributed by atoms with Crippen LogP contribution in [0, 0.1) is 11.3 Å². The number of rotatable bonds is 2. The van der Waals surface area contributed by atoms with E-state index < -0.39 is 5.60 Å². The van der Waals surface area contributed by atoms with Crippen LogP contribution >= 0.6 is 0 Å². The molecule has 0 N–H and O–H groups in total. The first kappa shape index (κ1) is 18.8. The van der Waals surface area contributed by atoms with Gasteiger partial charge in [-0.25, -0.2) is 9.78 Å². The van der Waals surface area contributed by atoms with Crippen molar-refractivity contribution in [2.45, 2.75) is 40.2 Å². The fraction of sp³-hybridized carbons (Fsp3) is 0.526. The molecular weight excluding hydrogens is 316 g/mol. The number of pyridine rings is 1. The van der Waals surface area contributed by atoms with Gasteiger partial charge in [-0.15, -0.1) is 0 Å². The number of ether oxygens (including phenoxy) is 1. The molecule has 1 aliphatic heterocycles. The van der Waals surface area contributed by atoms with Gasteiger partial charge < -0.3 is 14.5 Å². The van der Waals surface area contributed by atoms with E-state index in [9.17, 15) is 10.1 Å². The van der Waals surface area contributed by atoms with Gasteiger partial charge in [0.15, 0.2) is 0 Å². The van der Waals surface area contributed by atoms with Crippen molar-refractivity contribution in [2.24, 2.45) is 0 Å². The molecule has 134 valence electrons. The Morgan fingerprint density at radius 3 is 2.40 bits per heavy atom. The van der Waals surface area contributed by atoms with Crippen LogP contribution in [0.1, 0.15) is 45.9 Å². The lowest BCUT2D eigenvalue weighted by atomic mass is 10.2. The van der Waals surface area contributed by atoms with Crippen LogP contribution in [0.5, 0.6) is 0 Å². The minimum atomic E-state index is -0.498. The molecule has 1 aliphatic rings. The van der Waals surface area contributed by atoms with Crippen LogP contribution in [0.25, 0.3) is 6.08 Å². The second-order valence-electron chi connectivity index (χ2n) is 7.40. The molecule has 0 aliphatic carbocycles. The number of piperazine rings is 1. The Labute approximate surface area is 149 Å². The van der Waals surface area contributed by atoms with Crippen LogP contribution in [0.4, 0.5) is 10.6 Å². The first-order chi connectivity index (χ1) is 11.7. The molecule has 0 atom stereocenters. The first-order valence-corrected chi connectivity index (χ1v) is 8.48. The lowest BCUT2D eigenvalue weighted by molar-refractivity contribution is 0.0240. The van der Waals surface area contributed by atoms with Gasteiger partial charge in [0.1, 0.15) is 17.5 Å². The van der Waals surface area contributed by atoms with Crippen molar-refractivity contribution in [1.82, 2.24) is 9.88 Å². The lowest BCUT2D eigenvalue weighted by Crippen LogP contribution is -2.50. The highest BCUT2D eigenvalue weighted by atomic mass is 16.6. The minimum Gasteiger partial charge on any atom is -0.444 e. The van der Waals surface area contributed by atoms with Crippen molar-refractivity contribution in [3.63, 3.8) is 0 Å². The Morgan fingerprint density at radius 1 is 1.24 bits per heavy atom. The molecule has 1 aromatic rings. The van der Waals surface area contributed by atoms with E-state index in [1.54, 1.807) is 11.0 Å². The Kier molecular flexibility index (Phi) is 5.68. The highest BCUT2D eigenvalue weighted by molar-refractivity contribution is 5.69. The zero-order chi connectivity index (χ0) is 18.6. The molecule has 0 aromatic carbocycles. The van der Waals surface area contributed by atoms with Gasteiger partial charge in [0, 0.05) is 26.2 Å². The van der Waals surface area contributed by atoms with Gasteiger partial charge in [0.2, 0.25) is 0 Å². The molecule has 2 rings (SSSR count). The van der Waals surface area contributed by atoms with Crippen molar-refractivity contribution >= 4 is 18.0 Å². The van der Waals surface area contributed by atoms with E-state index in [1.807, 2.05) is 46.8 Å². The van der Waals surface area contributed by atoms with Crippen molar-refractivity contribution in [3.05, 3.63) is 29.0 Å². The van der Waals surface area contributed by atoms with Crippen LogP contribution in [-0.2, 0) is 4.74 Å². The molecule has 6 heteroatoms. The van der Waals surface area contributed by atoms with Gasteiger partial charge in [-0.2, -0.15) is 5.26 Å². The number of aromatic nitrogens is 1. The Bertz CT molecular complexity index is 701. The molecule has 0 radical (unpaired) electrons. The van der Waals surface area contributed by atoms with Crippen LogP contribution < -0.4 is 4.90 Å². The van der Waals surface area contributed by atoms with Crippen molar-refractivity contribution in [1.29, 1.82) is 5.26 Å². The molecule has 6 nitrogen and oxygen atoms in total.